The Morgan fingerprint density at radius 1 is 1.32 bits per heavy atom. The van der Waals surface area contributed by atoms with Crippen LogP contribution in [0.3, 0.4) is 0 Å². The Morgan fingerprint density at radius 2 is 2.09 bits per heavy atom. The lowest BCUT2D eigenvalue weighted by Gasteiger charge is -1.99. The van der Waals surface area contributed by atoms with E-state index in [1.54, 1.807) is 6.92 Å². The van der Waals surface area contributed by atoms with Crippen molar-refractivity contribution in [3.8, 4) is 0 Å². The van der Waals surface area contributed by atoms with Crippen molar-refractivity contribution in [1.29, 1.82) is 0 Å². The number of benzene rings is 1. The lowest BCUT2D eigenvalue weighted by molar-refractivity contribution is 0.0519. The van der Waals surface area contributed by atoms with Crippen molar-refractivity contribution >= 4 is 22.3 Å². The molecule has 7 heteroatoms. The van der Waals surface area contributed by atoms with Crippen LogP contribution in [0.4, 0.5) is 0 Å². The molecule has 0 fully saturated rings. The molecule has 2 aromatic heterocycles. The number of rotatable bonds is 4. The molecular weight excluding hydrogens is 302 g/mol. The van der Waals surface area contributed by atoms with Crippen molar-refractivity contribution in [3.63, 3.8) is 0 Å². The molecule has 0 bridgehead atoms. The molecule has 0 radical (unpaired) electrons. The summed E-state index contributed by atoms with van der Waals surface area (Å²) in [7, 11) is 0. The SMILES string of the molecule is CCOC(=O)c1cc(=O)n2nc(Cc3ccccc3)sc2n1. The molecule has 0 spiro atoms. The van der Waals surface area contributed by atoms with Gasteiger partial charge in [-0.05, 0) is 12.5 Å². The number of hydrogen-bond donors (Lipinski definition) is 0. The summed E-state index contributed by atoms with van der Waals surface area (Å²) >= 11 is 1.29. The van der Waals surface area contributed by atoms with E-state index in [1.807, 2.05) is 30.3 Å². The molecule has 0 saturated heterocycles. The van der Waals surface area contributed by atoms with Crippen molar-refractivity contribution in [1.82, 2.24) is 14.6 Å². The lowest BCUT2D eigenvalue weighted by Crippen LogP contribution is -2.18. The Kier molecular flexibility index (Phi) is 3.97. The average Bonchev–Trinajstić information content (AvgIpc) is 2.91. The highest BCUT2D eigenvalue weighted by atomic mass is 32.1. The first-order valence-electron chi connectivity index (χ1n) is 6.78. The summed E-state index contributed by atoms with van der Waals surface area (Å²) in [5, 5.41) is 5.02. The van der Waals surface area contributed by atoms with Crippen molar-refractivity contribution in [3.05, 3.63) is 63.0 Å². The third-order valence-electron chi connectivity index (χ3n) is 2.97. The van der Waals surface area contributed by atoms with Crippen molar-refractivity contribution in [2.75, 3.05) is 6.61 Å². The van der Waals surface area contributed by atoms with E-state index in [1.165, 1.54) is 15.9 Å². The minimum absolute atomic E-state index is 0.0155. The van der Waals surface area contributed by atoms with Crippen LogP contribution in [0.25, 0.3) is 4.96 Å². The third-order valence-corrected chi connectivity index (χ3v) is 3.88. The highest BCUT2D eigenvalue weighted by Crippen LogP contribution is 2.16. The Morgan fingerprint density at radius 3 is 2.82 bits per heavy atom. The fraction of sp³-hybridized carbons (Fsp3) is 0.200. The van der Waals surface area contributed by atoms with Crippen LogP contribution in [0.15, 0.2) is 41.2 Å². The molecule has 0 unspecified atom stereocenters. The number of esters is 1. The molecule has 3 aromatic rings. The van der Waals surface area contributed by atoms with E-state index in [-0.39, 0.29) is 17.9 Å². The molecule has 0 aliphatic heterocycles. The zero-order chi connectivity index (χ0) is 15.5. The monoisotopic (exact) mass is 315 g/mol. The van der Waals surface area contributed by atoms with E-state index >= 15 is 0 Å². The number of nitrogens with zero attached hydrogens (tertiary/aromatic N) is 3. The Balaban J connectivity index is 1.97. The van der Waals surface area contributed by atoms with Gasteiger partial charge in [-0.15, -0.1) is 0 Å². The van der Waals surface area contributed by atoms with E-state index in [4.69, 9.17) is 4.74 Å². The number of hydrogen-bond acceptors (Lipinski definition) is 6. The first-order valence-corrected chi connectivity index (χ1v) is 7.60. The second-order valence-corrected chi connectivity index (χ2v) is 5.59. The fourth-order valence-electron chi connectivity index (χ4n) is 2.00. The Hall–Kier alpha value is -2.54. The maximum absolute atomic E-state index is 12.0. The average molecular weight is 315 g/mol. The summed E-state index contributed by atoms with van der Waals surface area (Å²) in [6.07, 6.45) is 0.614. The second kappa shape index (κ2) is 6.07. The molecule has 0 aliphatic carbocycles. The van der Waals surface area contributed by atoms with Gasteiger partial charge in [-0.1, -0.05) is 41.7 Å². The molecule has 0 saturated carbocycles. The molecule has 2 heterocycles. The first kappa shape index (κ1) is 14.4. The van der Waals surface area contributed by atoms with Gasteiger partial charge in [-0.25, -0.2) is 9.78 Å². The summed E-state index contributed by atoms with van der Waals surface area (Å²) in [6, 6.07) is 11.0. The zero-order valence-corrected chi connectivity index (χ0v) is 12.7. The molecular formula is C15H13N3O3S. The van der Waals surface area contributed by atoms with Crippen LogP contribution in [0, 0.1) is 0 Å². The van der Waals surface area contributed by atoms with E-state index in [9.17, 15) is 9.59 Å². The largest absolute Gasteiger partial charge is 0.461 e. The molecule has 112 valence electrons. The molecule has 22 heavy (non-hydrogen) atoms. The van der Waals surface area contributed by atoms with Crippen LogP contribution in [0.5, 0.6) is 0 Å². The Bertz CT molecular complexity index is 871. The van der Waals surface area contributed by atoms with Crippen LogP contribution >= 0.6 is 11.3 Å². The van der Waals surface area contributed by atoms with Gasteiger partial charge < -0.3 is 4.74 Å². The van der Waals surface area contributed by atoms with Crippen LogP contribution in [-0.4, -0.2) is 27.2 Å². The van der Waals surface area contributed by atoms with Gasteiger partial charge >= 0.3 is 5.97 Å². The summed E-state index contributed by atoms with van der Waals surface area (Å²) < 4.78 is 6.08. The van der Waals surface area contributed by atoms with E-state index in [0.717, 1.165) is 16.6 Å². The fourth-order valence-corrected chi connectivity index (χ4v) is 2.94. The van der Waals surface area contributed by atoms with Gasteiger partial charge in [0, 0.05) is 12.5 Å². The van der Waals surface area contributed by atoms with Crippen LogP contribution < -0.4 is 5.56 Å². The topological polar surface area (TPSA) is 73.6 Å². The Labute approximate surface area is 130 Å². The number of carbonyl (C=O) groups excluding carboxylic acids is 1. The van der Waals surface area contributed by atoms with Gasteiger partial charge in [-0.3, -0.25) is 4.79 Å². The van der Waals surface area contributed by atoms with Gasteiger partial charge in [0.05, 0.1) is 6.61 Å². The molecule has 0 aliphatic rings. The normalized spacial score (nSPS) is 10.8. The minimum Gasteiger partial charge on any atom is -0.461 e. The van der Waals surface area contributed by atoms with E-state index in [0.29, 0.717) is 11.4 Å². The highest BCUT2D eigenvalue weighted by Gasteiger charge is 2.14. The smallest absolute Gasteiger partial charge is 0.357 e. The quantitative estimate of drug-likeness (QED) is 0.688. The summed E-state index contributed by atoms with van der Waals surface area (Å²) in [5.41, 5.74) is 0.727. The molecule has 3 rings (SSSR count). The number of aromatic nitrogens is 3. The predicted molar refractivity (Wildman–Crippen MR) is 82.3 cm³/mol. The predicted octanol–water partition coefficient (Wildman–Crippen LogP) is 1.92. The van der Waals surface area contributed by atoms with Crippen molar-refractivity contribution < 1.29 is 9.53 Å². The van der Waals surface area contributed by atoms with Gasteiger partial charge in [0.1, 0.15) is 5.01 Å². The van der Waals surface area contributed by atoms with Crippen molar-refractivity contribution in [2.45, 2.75) is 13.3 Å². The second-order valence-electron chi connectivity index (χ2n) is 4.55. The molecule has 6 nitrogen and oxygen atoms in total. The molecule has 0 amide bonds. The molecule has 0 N–H and O–H groups in total. The van der Waals surface area contributed by atoms with Gasteiger partial charge in [0.2, 0.25) is 4.96 Å². The summed E-state index contributed by atoms with van der Waals surface area (Å²) in [6.45, 7) is 1.94. The number of ether oxygens (including phenoxy) is 1. The number of carbonyl (C=O) groups is 1. The number of fused-ring (bicyclic) bond motifs is 1. The van der Waals surface area contributed by atoms with Crippen LogP contribution in [-0.2, 0) is 11.2 Å². The van der Waals surface area contributed by atoms with Gasteiger partial charge in [-0.2, -0.15) is 9.61 Å². The van der Waals surface area contributed by atoms with Crippen molar-refractivity contribution in [2.24, 2.45) is 0 Å². The van der Waals surface area contributed by atoms with Gasteiger partial charge in [0.25, 0.3) is 5.56 Å². The lowest BCUT2D eigenvalue weighted by atomic mass is 10.2. The van der Waals surface area contributed by atoms with E-state index < -0.39 is 5.97 Å². The van der Waals surface area contributed by atoms with E-state index in [2.05, 4.69) is 10.1 Å². The van der Waals surface area contributed by atoms with Crippen LogP contribution in [0.2, 0.25) is 0 Å². The molecule has 1 aromatic carbocycles. The summed E-state index contributed by atoms with van der Waals surface area (Å²) in [5.74, 6) is -0.597. The maximum Gasteiger partial charge on any atom is 0.357 e. The first-order chi connectivity index (χ1) is 10.7. The van der Waals surface area contributed by atoms with Gasteiger partial charge in [0.15, 0.2) is 5.69 Å². The summed E-state index contributed by atoms with van der Waals surface area (Å²) in [4.78, 5) is 28.3. The minimum atomic E-state index is -0.597. The maximum atomic E-state index is 12.0. The standard InChI is InChI=1S/C15H13N3O3S/c1-2-21-14(20)11-9-13(19)18-15(16-11)22-12(17-18)8-10-6-4-3-5-7-10/h3-7,9H,2,8H2,1H3. The molecule has 0 atom stereocenters. The van der Waals surface area contributed by atoms with Crippen LogP contribution in [0.1, 0.15) is 28.0 Å². The zero-order valence-electron chi connectivity index (χ0n) is 11.9. The highest BCUT2D eigenvalue weighted by molar-refractivity contribution is 7.16. The third kappa shape index (κ3) is 2.89.